The first-order valence-corrected chi connectivity index (χ1v) is 11.7. The van der Waals surface area contributed by atoms with Crippen molar-refractivity contribution < 1.29 is 4.74 Å². The van der Waals surface area contributed by atoms with Crippen LogP contribution < -0.4 is 4.90 Å². The lowest BCUT2D eigenvalue weighted by Crippen LogP contribution is -2.45. The molecule has 1 unspecified atom stereocenters. The summed E-state index contributed by atoms with van der Waals surface area (Å²) in [4.78, 5) is 23.0. The molecule has 2 aliphatic rings. The first-order valence-electron chi connectivity index (χ1n) is 11.7. The zero-order valence-electron chi connectivity index (χ0n) is 19.8. The molecule has 12 nitrogen and oxygen atoms in total. The van der Waals surface area contributed by atoms with Crippen molar-refractivity contribution in [1.29, 1.82) is 0 Å². The summed E-state index contributed by atoms with van der Waals surface area (Å²) in [5.41, 5.74) is 5.18. The van der Waals surface area contributed by atoms with Crippen LogP contribution in [0.1, 0.15) is 12.0 Å². The van der Waals surface area contributed by atoms with Crippen molar-refractivity contribution in [2.45, 2.75) is 19.1 Å². The van der Waals surface area contributed by atoms with Gasteiger partial charge < -0.3 is 14.5 Å². The van der Waals surface area contributed by atoms with Crippen molar-refractivity contribution in [1.82, 2.24) is 49.6 Å². The summed E-state index contributed by atoms with van der Waals surface area (Å²) in [6.07, 6.45) is 12.4. The third-order valence-electron chi connectivity index (χ3n) is 6.45. The van der Waals surface area contributed by atoms with E-state index in [1.807, 2.05) is 25.6 Å². The Hall–Kier alpha value is -3.77. The molecule has 0 radical (unpaired) electrons. The topological polar surface area (TPSA) is 116 Å². The van der Waals surface area contributed by atoms with Crippen LogP contribution in [0.2, 0.25) is 0 Å². The van der Waals surface area contributed by atoms with Gasteiger partial charge in [0.05, 0.1) is 37.3 Å². The lowest BCUT2D eigenvalue weighted by Gasteiger charge is -2.32. The Morgan fingerprint density at radius 3 is 2.69 bits per heavy atom. The fourth-order valence-corrected chi connectivity index (χ4v) is 4.46. The number of morpholine rings is 1. The maximum absolute atomic E-state index is 6.04. The number of hydrogen-bond acceptors (Lipinski definition) is 10. The molecule has 6 rings (SSSR count). The summed E-state index contributed by atoms with van der Waals surface area (Å²) in [7, 11) is 4.01. The highest BCUT2D eigenvalue weighted by Crippen LogP contribution is 2.23. The van der Waals surface area contributed by atoms with Crippen molar-refractivity contribution >= 4 is 22.8 Å². The smallest absolute Gasteiger partial charge is 0.225 e. The second-order valence-corrected chi connectivity index (χ2v) is 9.03. The number of hydrogen-bond donors (Lipinski definition) is 0. The molecule has 0 saturated carbocycles. The van der Waals surface area contributed by atoms with E-state index in [1.54, 1.807) is 21.8 Å². The van der Waals surface area contributed by atoms with E-state index in [1.165, 1.54) is 5.57 Å². The molecule has 35 heavy (non-hydrogen) atoms. The van der Waals surface area contributed by atoms with Crippen LogP contribution in [0.25, 0.3) is 28.1 Å². The number of aromatic nitrogens is 9. The van der Waals surface area contributed by atoms with Gasteiger partial charge in [-0.15, -0.1) is 5.10 Å². The molecule has 4 aromatic rings. The quantitative estimate of drug-likeness (QED) is 0.416. The largest absolute Gasteiger partial charge is 0.373 e. The first kappa shape index (κ1) is 21.7. The maximum atomic E-state index is 6.04. The van der Waals surface area contributed by atoms with E-state index in [9.17, 15) is 0 Å². The summed E-state index contributed by atoms with van der Waals surface area (Å²) in [6, 6.07) is 0. The van der Waals surface area contributed by atoms with Crippen LogP contribution in [-0.4, -0.2) is 95.5 Å². The molecule has 1 saturated heterocycles. The summed E-state index contributed by atoms with van der Waals surface area (Å²) in [6.45, 7) is 4.52. The summed E-state index contributed by atoms with van der Waals surface area (Å²) >= 11 is 0. The van der Waals surface area contributed by atoms with Gasteiger partial charge in [0.25, 0.3) is 0 Å². The van der Waals surface area contributed by atoms with E-state index in [-0.39, 0.29) is 6.10 Å². The third-order valence-corrected chi connectivity index (χ3v) is 6.45. The molecule has 4 aromatic heterocycles. The molecule has 0 amide bonds. The molecule has 0 aromatic carbocycles. The summed E-state index contributed by atoms with van der Waals surface area (Å²) in [5, 5.41) is 12.7. The molecule has 6 heterocycles. The molecule has 0 aliphatic carbocycles. The van der Waals surface area contributed by atoms with Crippen LogP contribution in [0.3, 0.4) is 0 Å². The fraction of sp³-hybridized carbons (Fsp3) is 0.435. The highest BCUT2D eigenvalue weighted by Gasteiger charge is 2.24. The van der Waals surface area contributed by atoms with Crippen LogP contribution in [0.5, 0.6) is 0 Å². The second-order valence-electron chi connectivity index (χ2n) is 9.03. The van der Waals surface area contributed by atoms with Crippen molar-refractivity contribution in [3.05, 3.63) is 42.6 Å². The van der Waals surface area contributed by atoms with Crippen molar-refractivity contribution in [3.63, 3.8) is 0 Å². The monoisotopic (exact) mass is 473 g/mol. The zero-order valence-corrected chi connectivity index (χ0v) is 19.8. The number of ether oxygens (including phenoxy) is 1. The van der Waals surface area contributed by atoms with Gasteiger partial charge in [0.2, 0.25) is 11.6 Å². The molecular weight excluding hydrogens is 446 g/mol. The van der Waals surface area contributed by atoms with Crippen LogP contribution in [0.15, 0.2) is 37.1 Å². The minimum absolute atomic E-state index is 0.0997. The first-order chi connectivity index (χ1) is 17.1. The number of rotatable bonds is 5. The number of nitrogens with zero attached hydrogens (tertiary/aromatic N) is 11. The Morgan fingerprint density at radius 2 is 1.91 bits per heavy atom. The third kappa shape index (κ3) is 4.49. The molecule has 180 valence electrons. The van der Waals surface area contributed by atoms with Crippen molar-refractivity contribution in [3.8, 4) is 11.3 Å². The summed E-state index contributed by atoms with van der Waals surface area (Å²) < 4.78 is 9.53. The van der Waals surface area contributed by atoms with Crippen LogP contribution in [0.4, 0.5) is 5.95 Å². The van der Waals surface area contributed by atoms with Gasteiger partial charge in [0, 0.05) is 62.9 Å². The maximum Gasteiger partial charge on any atom is 0.225 e. The standard InChI is InChI=1S/C23H27N11O/c1-31-5-3-16(4-6-31)17-9-25-23(26-10-17)33-7-8-35-19(14-33)15-34-22-21(29-30-34)24-12-20(28-22)18-11-27-32(2)13-18/h3,9-13,19H,4-8,14-15H2,1-2H3. The predicted octanol–water partition coefficient (Wildman–Crippen LogP) is 1.04. The highest BCUT2D eigenvalue weighted by atomic mass is 16.5. The zero-order chi connectivity index (χ0) is 23.8. The van der Waals surface area contributed by atoms with E-state index < -0.39 is 0 Å². The van der Waals surface area contributed by atoms with Gasteiger partial charge >= 0.3 is 0 Å². The lowest BCUT2D eigenvalue weighted by atomic mass is 10.0. The van der Waals surface area contributed by atoms with Crippen LogP contribution in [0, 0.1) is 0 Å². The van der Waals surface area contributed by atoms with Gasteiger partial charge in [-0.05, 0) is 19.0 Å². The Morgan fingerprint density at radius 1 is 1.03 bits per heavy atom. The number of anilines is 1. The molecule has 2 aliphatic heterocycles. The van der Waals surface area contributed by atoms with Crippen LogP contribution in [-0.2, 0) is 18.3 Å². The minimum Gasteiger partial charge on any atom is -0.373 e. The molecular formula is C23H27N11O. The summed E-state index contributed by atoms with van der Waals surface area (Å²) in [5.74, 6) is 0.720. The van der Waals surface area contributed by atoms with E-state index >= 15 is 0 Å². The molecule has 12 heteroatoms. The Labute approximate surface area is 202 Å². The molecule has 0 bridgehead atoms. The minimum atomic E-state index is -0.0997. The van der Waals surface area contributed by atoms with Gasteiger partial charge in [0.15, 0.2) is 5.65 Å². The second kappa shape index (κ2) is 9.12. The van der Waals surface area contributed by atoms with E-state index in [4.69, 9.17) is 9.72 Å². The molecule has 1 atom stereocenters. The lowest BCUT2D eigenvalue weighted by molar-refractivity contribution is 0.0273. The normalized spacial score (nSPS) is 19.3. The van der Waals surface area contributed by atoms with E-state index in [0.717, 1.165) is 48.8 Å². The Bertz CT molecular complexity index is 1360. The number of fused-ring (bicyclic) bond motifs is 1. The Kier molecular flexibility index (Phi) is 5.66. The van der Waals surface area contributed by atoms with Crippen molar-refractivity contribution in [2.24, 2.45) is 7.05 Å². The van der Waals surface area contributed by atoms with Gasteiger partial charge in [0.1, 0.15) is 0 Å². The predicted molar refractivity (Wildman–Crippen MR) is 129 cm³/mol. The average Bonchev–Trinajstić information content (AvgIpc) is 3.51. The van der Waals surface area contributed by atoms with Crippen molar-refractivity contribution in [2.75, 3.05) is 44.7 Å². The average molecular weight is 474 g/mol. The van der Waals surface area contributed by atoms with Crippen LogP contribution >= 0.6 is 0 Å². The fourth-order valence-electron chi connectivity index (χ4n) is 4.46. The SMILES string of the molecule is CN1CC=C(c2cnc(N3CCOC(Cn4nnc5ncc(-c6cnn(C)c6)nc54)C3)nc2)CC1. The Balaban J connectivity index is 1.16. The molecule has 1 fully saturated rings. The number of likely N-dealkylation sites (N-methyl/N-ethyl adjacent to an activating group) is 1. The van der Waals surface area contributed by atoms with Gasteiger partial charge in [-0.1, -0.05) is 11.3 Å². The molecule has 0 N–H and O–H groups in total. The van der Waals surface area contributed by atoms with Gasteiger partial charge in [-0.2, -0.15) is 5.10 Å². The number of aryl methyl sites for hydroxylation is 1. The van der Waals surface area contributed by atoms with E-state index in [0.29, 0.717) is 31.0 Å². The van der Waals surface area contributed by atoms with E-state index in [2.05, 4.69) is 53.3 Å². The highest BCUT2D eigenvalue weighted by molar-refractivity contribution is 5.69. The van der Waals surface area contributed by atoms with Gasteiger partial charge in [-0.3, -0.25) is 4.68 Å². The molecule has 0 spiro atoms. The van der Waals surface area contributed by atoms with Gasteiger partial charge in [-0.25, -0.2) is 24.6 Å².